The van der Waals surface area contributed by atoms with Crippen LogP contribution in [0.15, 0.2) is 6.20 Å². The van der Waals surface area contributed by atoms with Gasteiger partial charge in [0, 0.05) is 12.1 Å². The number of carbonyl (C=O) groups excluding carboxylic acids is 1. The maximum Gasteiger partial charge on any atom is 0.341 e. The number of carbonyl (C=O) groups is 1. The van der Waals surface area contributed by atoms with Crippen molar-refractivity contribution in [3.8, 4) is 0 Å². The van der Waals surface area contributed by atoms with Gasteiger partial charge in [0.15, 0.2) is 0 Å². The van der Waals surface area contributed by atoms with Gasteiger partial charge in [-0.1, -0.05) is 27.2 Å². The lowest BCUT2D eigenvalue weighted by Gasteiger charge is -2.11. The molecule has 0 saturated heterocycles. The highest BCUT2D eigenvalue weighted by atomic mass is 16.5. The molecule has 0 N–H and O–H groups in total. The van der Waals surface area contributed by atoms with Gasteiger partial charge in [0.1, 0.15) is 5.82 Å². The normalized spacial score (nSPS) is 12.2. The second kappa shape index (κ2) is 7.09. The highest BCUT2D eigenvalue weighted by Crippen LogP contribution is 2.17. The van der Waals surface area contributed by atoms with Gasteiger partial charge >= 0.3 is 5.97 Å². The predicted octanol–water partition coefficient (Wildman–Crippen LogP) is 3.12. The van der Waals surface area contributed by atoms with Crippen molar-refractivity contribution in [1.29, 1.82) is 0 Å². The van der Waals surface area contributed by atoms with Crippen LogP contribution < -0.4 is 0 Å². The number of aryl methyl sites for hydroxylation is 1. The zero-order chi connectivity index (χ0) is 13.5. The molecule has 18 heavy (non-hydrogen) atoms. The molecule has 0 amide bonds. The maximum atomic E-state index is 11.8. The lowest BCUT2D eigenvalue weighted by molar-refractivity contribution is 0.0524. The minimum atomic E-state index is -0.323. The van der Waals surface area contributed by atoms with Gasteiger partial charge in [-0.15, -0.1) is 0 Å². The van der Waals surface area contributed by atoms with E-state index in [1.807, 2.05) is 0 Å². The van der Waals surface area contributed by atoms with Gasteiger partial charge in [-0.2, -0.15) is 0 Å². The molecular weight excluding hydrogens is 228 g/mol. The fourth-order valence-corrected chi connectivity index (χ4v) is 1.66. The number of hydrogen-bond donors (Lipinski definition) is 0. The summed E-state index contributed by atoms with van der Waals surface area (Å²) in [5, 5.41) is 0. The summed E-state index contributed by atoms with van der Waals surface area (Å²) in [5.41, 5.74) is 1.31. The zero-order valence-corrected chi connectivity index (χ0v) is 11.7. The van der Waals surface area contributed by atoms with Crippen LogP contribution in [-0.2, 0) is 11.2 Å². The average molecular weight is 250 g/mol. The first kappa shape index (κ1) is 14.6. The van der Waals surface area contributed by atoms with E-state index < -0.39 is 0 Å². The van der Waals surface area contributed by atoms with Crippen molar-refractivity contribution in [2.24, 2.45) is 0 Å². The molecular formula is C14H22N2O2. The van der Waals surface area contributed by atoms with E-state index in [2.05, 4.69) is 30.7 Å². The van der Waals surface area contributed by atoms with E-state index in [-0.39, 0.29) is 5.97 Å². The highest BCUT2D eigenvalue weighted by molar-refractivity contribution is 5.90. The number of aromatic nitrogens is 2. The number of hydrogen-bond acceptors (Lipinski definition) is 4. The highest BCUT2D eigenvalue weighted by Gasteiger charge is 2.16. The summed E-state index contributed by atoms with van der Waals surface area (Å²) in [6, 6.07) is 0. The first-order chi connectivity index (χ1) is 8.63. The van der Waals surface area contributed by atoms with Crippen molar-refractivity contribution in [3.05, 3.63) is 23.3 Å². The molecule has 0 saturated carbocycles. The Morgan fingerprint density at radius 1 is 1.39 bits per heavy atom. The van der Waals surface area contributed by atoms with E-state index in [9.17, 15) is 4.79 Å². The quantitative estimate of drug-likeness (QED) is 0.728. The van der Waals surface area contributed by atoms with E-state index in [1.54, 1.807) is 13.1 Å². The Labute approximate surface area is 109 Å². The van der Waals surface area contributed by atoms with Crippen molar-refractivity contribution in [2.45, 2.75) is 52.9 Å². The van der Waals surface area contributed by atoms with Crippen molar-refractivity contribution in [3.63, 3.8) is 0 Å². The van der Waals surface area contributed by atoms with Gasteiger partial charge < -0.3 is 4.74 Å². The molecule has 0 aliphatic rings. The second-order valence-corrected chi connectivity index (χ2v) is 4.37. The van der Waals surface area contributed by atoms with Crippen LogP contribution in [0.2, 0.25) is 0 Å². The van der Waals surface area contributed by atoms with Crippen LogP contribution in [0.4, 0.5) is 0 Å². The van der Waals surface area contributed by atoms with Crippen LogP contribution in [-0.4, -0.2) is 22.5 Å². The van der Waals surface area contributed by atoms with Gasteiger partial charge in [0.05, 0.1) is 17.9 Å². The molecule has 0 bridgehead atoms. The molecule has 0 radical (unpaired) electrons. The lowest BCUT2D eigenvalue weighted by atomic mass is 10.1. The standard InChI is InChI=1S/C14H22N2O2/c1-5-8-12-11(14(17)18-7-3)9-15-13(16-12)10(4)6-2/h9-10H,5-8H2,1-4H3. The largest absolute Gasteiger partial charge is 0.462 e. The van der Waals surface area contributed by atoms with E-state index in [0.717, 1.165) is 30.8 Å². The molecule has 4 heteroatoms. The maximum absolute atomic E-state index is 11.8. The minimum absolute atomic E-state index is 0.317. The smallest absolute Gasteiger partial charge is 0.341 e. The Balaban J connectivity index is 3.07. The van der Waals surface area contributed by atoms with E-state index in [1.165, 1.54) is 0 Å². The topological polar surface area (TPSA) is 52.1 Å². The summed E-state index contributed by atoms with van der Waals surface area (Å²) in [7, 11) is 0. The number of esters is 1. The molecule has 0 aromatic carbocycles. The molecule has 0 aliphatic carbocycles. The Morgan fingerprint density at radius 2 is 2.11 bits per heavy atom. The van der Waals surface area contributed by atoms with E-state index >= 15 is 0 Å². The SMILES string of the molecule is CCCc1nc(C(C)CC)ncc1C(=O)OCC. The fraction of sp³-hybridized carbons (Fsp3) is 0.643. The van der Waals surface area contributed by atoms with Crippen LogP contribution >= 0.6 is 0 Å². The Hall–Kier alpha value is -1.45. The molecule has 1 heterocycles. The van der Waals surface area contributed by atoms with Gasteiger partial charge in [0.25, 0.3) is 0 Å². The summed E-state index contributed by atoms with van der Waals surface area (Å²) < 4.78 is 5.02. The molecule has 1 aromatic rings. The van der Waals surface area contributed by atoms with Crippen molar-refractivity contribution < 1.29 is 9.53 Å². The second-order valence-electron chi connectivity index (χ2n) is 4.37. The molecule has 0 aliphatic heterocycles. The molecule has 1 rings (SSSR count). The third kappa shape index (κ3) is 3.52. The summed E-state index contributed by atoms with van der Waals surface area (Å²) in [5.74, 6) is 0.808. The predicted molar refractivity (Wildman–Crippen MR) is 70.7 cm³/mol. The van der Waals surface area contributed by atoms with Crippen LogP contribution in [0, 0.1) is 0 Å². The molecule has 100 valence electrons. The first-order valence-electron chi connectivity index (χ1n) is 6.66. The Kier molecular flexibility index (Phi) is 5.75. The monoisotopic (exact) mass is 250 g/mol. The Bertz CT molecular complexity index is 405. The molecule has 0 spiro atoms. The van der Waals surface area contributed by atoms with Crippen molar-refractivity contribution in [2.75, 3.05) is 6.61 Å². The van der Waals surface area contributed by atoms with Gasteiger partial charge in [0.2, 0.25) is 0 Å². The minimum Gasteiger partial charge on any atom is -0.462 e. The van der Waals surface area contributed by atoms with Crippen LogP contribution in [0.5, 0.6) is 0 Å². The summed E-state index contributed by atoms with van der Waals surface area (Å²) in [4.78, 5) is 20.6. The summed E-state index contributed by atoms with van der Waals surface area (Å²) >= 11 is 0. The number of rotatable bonds is 6. The van der Waals surface area contributed by atoms with E-state index in [4.69, 9.17) is 4.74 Å². The van der Waals surface area contributed by atoms with Gasteiger partial charge in [-0.3, -0.25) is 0 Å². The first-order valence-corrected chi connectivity index (χ1v) is 6.66. The van der Waals surface area contributed by atoms with Crippen LogP contribution in [0.3, 0.4) is 0 Å². The van der Waals surface area contributed by atoms with Gasteiger partial charge in [-0.25, -0.2) is 14.8 Å². The average Bonchev–Trinajstić information content (AvgIpc) is 2.38. The molecule has 0 fully saturated rings. The van der Waals surface area contributed by atoms with Crippen LogP contribution in [0.1, 0.15) is 68.3 Å². The van der Waals surface area contributed by atoms with Crippen LogP contribution in [0.25, 0.3) is 0 Å². The zero-order valence-electron chi connectivity index (χ0n) is 11.7. The van der Waals surface area contributed by atoms with E-state index in [0.29, 0.717) is 18.1 Å². The van der Waals surface area contributed by atoms with Crippen molar-refractivity contribution >= 4 is 5.97 Å². The summed E-state index contributed by atoms with van der Waals surface area (Å²) in [6.07, 6.45) is 4.32. The molecule has 1 atom stereocenters. The summed E-state index contributed by atoms with van der Waals surface area (Å²) in [6.45, 7) is 8.44. The fourth-order valence-electron chi connectivity index (χ4n) is 1.66. The molecule has 4 nitrogen and oxygen atoms in total. The number of nitrogens with zero attached hydrogens (tertiary/aromatic N) is 2. The van der Waals surface area contributed by atoms with Crippen molar-refractivity contribution in [1.82, 2.24) is 9.97 Å². The third-order valence-electron chi connectivity index (χ3n) is 2.92. The Morgan fingerprint density at radius 3 is 2.67 bits per heavy atom. The molecule has 1 unspecified atom stereocenters. The number of ether oxygens (including phenoxy) is 1. The third-order valence-corrected chi connectivity index (χ3v) is 2.92. The van der Waals surface area contributed by atoms with Gasteiger partial charge in [-0.05, 0) is 19.8 Å². The molecule has 1 aromatic heterocycles. The lowest BCUT2D eigenvalue weighted by Crippen LogP contribution is -2.13.